The molecule has 0 fully saturated rings. The highest BCUT2D eigenvalue weighted by Gasteiger charge is 2.14. The maximum atomic E-state index is 10.4. The molecule has 0 saturated carbocycles. The predicted molar refractivity (Wildman–Crippen MR) is 47.3 cm³/mol. The lowest BCUT2D eigenvalue weighted by Gasteiger charge is -2.00. The van der Waals surface area contributed by atoms with Crippen molar-refractivity contribution in [2.75, 3.05) is 5.73 Å². The van der Waals surface area contributed by atoms with Crippen LogP contribution in [-0.4, -0.2) is 4.92 Å². The second kappa shape index (κ2) is 2.98. The van der Waals surface area contributed by atoms with Gasteiger partial charge in [0.15, 0.2) is 0 Å². The van der Waals surface area contributed by atoms with Crippen molar-refractivity contribution in [3.63, 3.8) is 0 Å². The molecule has 1 aromatic rings. The van der Waals surface area contributed by atoms with Crippen LogP contribution in [0.15, 0.2) is 12.1 Å². The Bertz CT molecular complexity index is 338. The van der Waals surface area contributed by atoms with Crippen molar-refractivity contribution in [1.29, 1.82) is 0 Å². The first-order valence-corrected chi connectivity index (χ1v) is 3.60. The van der Waals surface area contributed by atoms with E-state index in [-0.39, 0.29) is 16.4 Å². The quantitative estimate of drug-likeness (QED) is 0.415. The molecule has 1 rings (SSSR count). The van der Waals surface area contributed by atoms with E-state index in [1.54, 1.807) is 13.0 Å². The largest absolute Gasteiger partial charge is 0.397 e. The number of benzene rings is 1. The normalized spacial score (nSPS) is 9.83. The van der Waals surface area contributed by atoms with Gasteiger partial charge in [-0.1, -0.05) is 11.6 Å². The molecule has 5 heteroatoms. The summed E-state index contributed by atoms with van der Waals surface area (Å²) in [5.74, 6) is 0. The summed E-state index contributed by atoms with van der Waals surface area (Å²) in [6.45, 7) is 1.72. The van der Waals surface area contributed by atoms with E-state index < -0.39 is 4.92 Å². The molecule has 2 N–H and O–H groups in total. The van der Waals surface area contributed by atoms with Crippen LogP contribution < -0.4 is 5.73 Å². The maximum absolute atomic E-state index is 10.4. The van der Waals surface area contributed by atoms with Crippen LogP contribution in [0.1, 0.15) is 5.56 Å². The topological polar surface area (TPSA) is 69.2 Å². The van der Waals surface area contributed by atoms with E-state index in [1.165, 1.54) is 6.07 Å². The van der Waals surface area contributed by atoms with Gasteiger partial charge < -0.3 is 5.73 Å². The lowest BCUT2D eigenvalue weighted by molar-refractivity contribution is -0.384. The summed E-state index contributed by atoms with van der Waals surface area (Å²) in [7, 11) is 0. The van der Waals surface area contributed by atoms with Gasteiger partial charge >= 0.3 is 0 Å². The van der Waals surface area contributed by atoms with Gasteiger partial charge in [0.05, 0.1) is 10.6 Å². The fourth-order valence-electron chi connectivity index (χ4n) is 0.910. The van der Waals surface area contributed by atoms with Gasteiger partial charge in [-0.25, -0.2) is 0 Å². The minimum Gasteiger partial charge on any atom is -0.397 e. The molecule has 0 saturated heterocycles. The average molecular weight is 187 g/mol. The Morgan fingerprint density at radius 3 is 2.67 bits per heavy atom. The molecule has 0 aliphatic rings. The van der Waals surface area contributed by atoms with Crippen LogP contribution in [0.5, 0.6) is 0 Å². The van der Waals surface area contributed by atoms with Crippen LogP contribution in [-0.2, 0) is 0 Å². The molecule has 0 aliphatic carbocycles. The molecule has 0 heterocycles. The van der Waals surface area contributed by atoms with E-state index in [1.807, 2.05) is 0 Å². The number of hydrogen-bond acceptors (Lipinski definition) is 3. The fraction of sp³-hybridized carbons (Fsp3) is 0.143. The van der Waals surface area contributed by atoms with Gasteiger partial charge in [-0.15, -0.1) is 0 Å². The first-order chi connectivity index (χ1) is 5.52. The highest BCUT2D eigenvalue weighted by molar-refractivity contribution is 6.35. The molecule has 0 aliphatic heterocycles. The Labute approximate surface area is 74.1 Å². The van der Waals surface area contributed by atoms with Crippen molar-refractivity contribution in [2.45, 2.75) is 6.92 Å². The molecule has 64 valence electrons. The number of nitro benzene ring substituents is 1. The highest BCUT2D eigenvalue weighted by Crippen LogP contribution is 2.30. The van der Waals surface area contributed by atoms with Gasteiger partial charge in [0, 0.05) is 6.07 Å². The number of nitrogen functional groups attached to an aromatic ring is 1. The van der Waals surface area contributed by atoms with Gasteiger partial charge in [0.1, 0.15) is 5.02 Å². The first kappa shape index (κ1) is 8.80. The number of nitrogens with zero attached hydrogens (tertiary/aromatic N) is 1. The Morgan fingerprint density at radius 2 is 2.17 bits per heavy atom. The highest BCUT2D eigenvalue weighted by atomic mass is 35.5. The van der Waals surface area contributed by atoms with Crippen molar-refractivity contribution >= 4 is 23.0 Å². The summed E-state index contributed by atoms with van der Waals surface area (Å²) in [4.78, 5) is 9.84. The Morgan fingerprint density at radius 1 is 1.58 bits per heavy atom. The summed E-state index contributed by atoms with van der Waals surface area (Å²) >= 11 is 5.59. The molecule has 0 atom stereocenters. The number of rotatable bonds is 1. The summed E-state index contributed by atoms with van der Waals surface area (Å²) in [6.07, 6.45) is 0. The van der Waals surface area contributed by atoms with E-state index in [0.29, 0.717) is 0 Å². The van der Waals surface area contributed by atoms with Crippen LogP contribution >= 0.6 is 11.6 Å². The van der Waals surface area contributed by atoms with Crippen LogP contribution in [0.3, 0.4) is 0 Å². The van der Waals surface area contributed by atoms with E-state index in [4.69, 9.17) is 17.3 Å². The second-order valence-corrected chi connectivity index (χ2v) is 2.82. The minimum atomic E-state index is -0.550. The summed E-state index contributed by atoms with van der Waals surface area (Å²) < 4.78 is 0. The zero-order valence-corrected chi connectivity index (χ0v) is 7.13. The lowest BCUT2D eigenvalue weighted by Crippen LogP contribution is -1.94. The standard InChI is InChI=1S/C7H7ClN2O2/c1-4-2-5(9)7(8)6(3-4)10(11)12/h2-3H,9H2,1H3. The zero-order chi connectivity index (χ0) is 9.30. The van der Waals surface area contributed by atoms with Crippen LogP contribution in [0.25, 0.3) is 0 Å². The summed E-state index contributed by atoms with van der Waals surface area (Å²) in [6, 6.07) is 2.98. The van der Waals surface area contributed by atoms with Gasteiger partial charge in [-0.2, -0.15) is 0 Å². The smallest absolute Gasteiger partial charge is 0.290 e. The van der Waals surface area contributed by atoms with Gasteiger partial charge in [0.25, 0.3) is 5.69 Å². The van der Waals surface area contributed by atoms with Crippen molar-refractivity contribution in [2.24, 2.45) is 0 Å². The lowest BCUT2D eigenvalue weighted by atomic mass is 10.2. The van der Waals surface area contributed by atoms with Crippen molar-refractivity contribution < 1.29 is 4.92 Å². The molecular formula is C7H7ClN2O2. The van der Waals surface area contributed by atoms with E-state index in [9.17, 15) is 10.1 Å². The third-order valence-corrected chi connectivity index (χ3v) is 1.83. The van der Waals surface area contributed by atoms with E-state index in [2.05, 4.69) is 0 Å². The SMILES string of the molecule is Cc1cc(N)c(Cl)c([N+](=O)[O-])c1. The Kier molecular flexibility index (Phi) is 2.19. The van der Waals surface area contributed by atoms with Gasteiger partial charge in [-0.05, 0) is 18.6 Å². The zero-order valence-electron chi connectivity index (χ0n) is 6.37. The molecule has 12 heavy (non-hydrogen) atoms. The van der Waals surface area contributed by atoms with E-state index >= 15 is 0 Å². The Hall–Kier alpha value is -1.29. The number of nitro groups is 1. The average Bonchev–Trinajstić information content (AvgIpc) is 1.96. The number of halogens is 1. The first-order valence-electron chi connectivity index (χ1n) is 3.22. The predicted octanol–water partition coefficient (Wildman–Crippen LogP) is 2.14. The number of anilines is 1. The summed E-state index contributed by atoms with van der Waals surface area (Å²) in [5.41, 5.74) is 6.24. The summed E-state index contributed by atoms with van der Waals surface area (Å²) in [5, 5.41) is 10.4. The molecular weight excluding hydrogens is 180 g/mol. The van der Waals surface area contributed by atoms with E-state index in [0.717, 1.165) is 5.56 Å². The van der Waals surface area contributed by atoms with Crippen molar-refractivity contribution in [3.05, 3.63) is 32.8 Å². The maximum Gasteiger partial charge on any atom is 0.290 e. The third kappa shape index (κ3) is 1.48. The molecule has 1 aromatic carbocycles. The van der Waals surface area contributed by atoms with Gasteiger partial charge in [0.2, 0.25) is 0 Å². The van der Waals surface area contributed by atoms with Crippen molar-refractivity contribution in [3.8, 4) is 0 Å². The molecule has 0 bridgehead atoms. The van der Waals surface area contributed by atoms with Crippen molar-refractivity contribution in [1.82, 2.24) is 0 Å². The fourth-order valence-corrected chi connectivity index (χ4v) is 1.09. The molecule has 0 amide bonds. The molecule has 0 radical (unpaired) electrons. The van der Waals surface area contributed by atoms with Crippen LogP contribution in [0.4, 0.5) is 11.4 Å². The number of nitrogens with two attached hydrogens (primary N) is 1. The molecule has 4 nitrogen and oxygen atoms in total. The number of hydrogen-bond donors (Lipinski definition) is 1. The molecule has 0 unspecified atom stereocenters. The Balaban J connectivity index is 3.37. The minimum absolute atomic E-state index is 0.00519. The number of aryl methyl sites for hydroxylation is 1. The monoisotopic (exact) mass is 186 g/mol. The van der Waals surface area contributed by atoms with Crippen LogP contribution in [0.2, 0.25) is 5.02 Å². The van der Waals surface area contributed by atoms with Crippen LogP contribution in [0, 0.1) is 17.0 Å². The van der Waals surface area contributed by atoms with Gasteiger partial charge in [-0.3, -0.25) is 10.1 Å². The molecule has 0 aromatic heterocycles. The second-order valence-electron chi connectivity index (χ2n) is 2.44. The molecule has 0 spiro atoms. The third-order valence-electron chi connectivity index (χ3n) is 1.42.